The molecule has 0 unspecified atom stereocenters. The summed E-state index contributed by atoms with van der Waals surface area (Å²) >= 11 is 6.11. The van der Waals surface area contributed by atoms with Gasteiger partial charge in [-0.1, -0.05) is 11.6 Å². The quantitative estimate of drug-likeness (QED) is 0.858. The first kappa shape index (κ1) is 15.5. The fourth-order valence-electron chi connectivity index (χ4n) is 1.46. The van der Waals surface area contributed by atoms with Gasteiger partial charge in [0.15, 0.2) is 5.82 Å². The van der Waals surface area contributed by atoms with Crippen LogP contribution in [0.5, 0.6) is 0 Å². The number of anilines is 2. The number of aromatic nitrogens is 2. The summed E-state index contributed by atoms with van der Waals surface area (Å²) in [5.74, 6) is 1.09. The summed E-state index contributed by atoms with van der Waals surface area (Å²) in [6, 6.07) is 0. The summed E-state index contributed by atoms with van der Waals surface area (Å²) < 4.78 is 0. The SMILES string of the molecule is CCNc1ncc(Cl)c(N(CC)CC(=O)N(C)C)n1. The molecule has 0 aliphatic heterocycles. The molecule has 7 heteroatoms. The summed E-state index contributed by atoms with van der Waals surface area (Å²) in [6.07, 6.45) is 1.55. The highest BCUT2D eigenvalue weighted by Crippen LogP contribution is 2.23. The Kier molecular flexibility index (Phi) is 5.82. The van der Waals surface area contributed by atoms with Crippen molar-refractivity contribution in [3.63, 3.8) is 0 Å². The Morgan fingerprint density at radius 2 is 2.11 bits per heavy atom. The second-order valence-electron chi connectivity index (χ2n) is 4.20. The van der Waals surface area contributed by atoms with Crippen molar-refractivity contribution < 1.29 is 4.79 Å². The van der Waals surface area contributed by atoms with E-state index in [4.69, 9.17) is 11.6 Å². The Balaban J connectivity index is 2.96. The van der Waals surface area contributed by atoms with Crippen molar-refractivity contribution in [3.8, 4) is 0 Å². The standard InChI is InChI=1S/C12H20ClN5O/c1-5-14-12-15-7-9(13)11(16-12)18(6-2)8-10(19)17(3)4/h7H,5-6,8H2,1-4H3,(H,14,15,16). The summed E-state index contributed by atoms with van der Waals surface area (Å²) in [5, 5.41) is 3.47. The van der Waals surface area contributed by atoms with Crippen molar-refractivity contribution in [1.82, 2.24) is 14.9 Å². The summed E-state index contributed by atoms with van der Waals surface area (Å²) in [5.41, 5.74) is 0. The minimum absolute atomic E-state index is 0.00142. The molecule has 1 aromatic rings. The molecule has 0 saturated carbocycles. The van der Waals surface area contributed by atoms with Crippen LogP contribution in [0.3, 0.4) is 0 Å². The maximum Gasteiger partial charge on any atom is 0.241 e. The average Bonchev–Trinajstić information content (AvgIpc) is 2.38. The molecule has 0 aromatic carbocycles. The molecule has 0 saturated heterocycles. The zero-order chi connectivity index (χ0) is 14.4. The van der Waals surface area contributed by atoms with Gasteiger partial charge in [-0.3, -0.25) is 4.79 Å². The Labute approximate surface area is 118 Å². The topological polar surface area (TPSA) is 61.4 Å². The van der Waals surface area contributed by atoms with Crippen molar-refractivity contribution in [2.45, 2.75) is 13.8 Å². The minimum Gasteiger partial charge on any atom is -0.354 e. The molecule has 1 amide bonds. The maximum atomic E-state index is 11.8. The molecule has 0 bridgehead atoms. The van der Waals surface area contributed by atoms with Gasteiger partial charge in [0.1, 0.15) is 5.02 Å². The van der Waals surface area contributed by atoms with E-state index < -0.39 is 0 Å². The lowest BCUT2D eigenvalue weighted by Gasteiger charge is -2.24. The number of rotatable bonds is 6. The Morgan fingerprint density at radius 1 is 1.42 bits per heavy atom. The number of hydrogen-bond acceptors (Lipinski definition) is 5. The molecule has 0 aliphatic carbocycles. The van der Waals surface area contributed by atoms with Crippen LogP contribution in [0.2, 0.25) is 5.02 Å². The molecule has 0 aliphatic rings. The third-order valence-corrected chi connectivity index (χ3v) is 2.83. The number of carbonyl (C=O) groups is 1. The molecule has 6 nitrogen and oxygen atoms in total. The van der Waals surface area contributed by atoms with Crippen LogP contribution in [0.4, 0.5) is 11.8 Å². The monoisotopic (exact) mass is 285 g/mol. The highest BCUT2D eigenvalue weighted by Gasteiger charge is 2.16. The molecular formula is C12H20ClN5O. The lowest BCUT2D eigenvalue weighted by Crippen LogP contribution is -2.37. The first-order valence-corrected chi connectivity index (χ1v) is 6.58. The van der Waals surface area contributed by atoms with Crippen LogP contribution in [0, 0.1) is 0 Å². The highest BCUT2D eigenvalue weighted by atomic mass is 35.5. The van der Waals surface area contributed by atoms with Gasteiger partial charge in [-0.2, -0.15) is 4.98 Å². The van der Waals surface area contributed by atoms with E-state index in [-0.39, 0.29) is 12.5 Å². The normalized spacial score (nSPS) is 10.2. The Morgan fingerprint density at radius 3 is 2.63 bits per heavy atom. The van der Waals surface area contributed by atoms with Gasteiger partial charge in [-0.05, 0) is 13.8 Å². The van der Waals surface area contributed by atoms with Gasteiger partial charge in [-0.15, -0.1) is 0 Å². The van der Waals surface area contributed by atoms with Crippen LogP contribution in [0.15, 0.2) is 6.20 Å². The lowest BCUT2D eigenvalue weighted by atomic mass is 10.4. The van der Waals surface area contributed by atoms with Crippen LogP contribution in [-0.4, -0.2) is 54.5 Å². The fourth-order valence-corrected chi connectivity index (χ4v) is 1.67. The molecule has 1 N–H and O–H groups in total. The lowest BCUT2D eigenvalue weighted by molar-refractivity contribution is -0.127. The zero-order valence-corrected chi connectivity index (χ0v) is 12.5. The smallest absolute Gasteiger partial charge is 0.241 e. The van der Waals surface area contributed by atoms with E-state index in [0.717, 1.165) is 6.54 Å². The van der Waals surface area contributed by atoms with Gasteiger partial charge in [0, 0.05) is 27.2 Å². The van der Waals surface area contributed by atoms with Gasteiger partial charge >= 0.3 is 0 Å². The molecule has 1 rings (SSSR count). The molecular weight excluding hydrogens is 266 g/mol. The van der Waals surface area contributed by atoms with E-state index in [2.05, 4.69) is 15.3 Å². The second kappa shape index (κ2) is 7.13. The van der Waals surface area contributed by atoms with Gasteiger partial charge in [-0.25, -0.2) is 4.98 Å². The number of nitrogens with zero attached hydrogens (tertiary/aromatic N) is 4. The van der Waals surface area contributed by atoms with Crippen LogP contribution < -0.4 is 10.2 Å². The zero-order valence-electron chi connectivity index (χ0n) is 11.8. The largest absolute Gasteiger partial charge is 0.354 e. The van der Waals surface area contributed by atoms with Crippen LogP contribution in [0.1, 0.15) is 13.8 Å². The second-order valence-corrected chi connectivity index (χ2v) is 4.61. The molecule has 1 heterocycles. The Hall–Kier alpha value is -1.56. The third-order valence-electron chi connectivity index (χ3n) is 2.57. The molecule has 0 spiro atoms. The van der Waals surface area contributed by atoms with E-state index in [0.29, 0.717) is 23.3 Å². The number of carbonyl (C=O) groups excluding carboxylic acids is 1. The summed E-state index contributed by atoms with van der Waals surface area (Å²) in [4.78, 5) is 23.6. The van der Waals surface area contributed by atoms with Crippen molar-refractivity contribution in [3.05, 3.63) is 11.2 Å². The van der Waals surface area contributed by atoms with Gasteiger partial charge < -0.3 is 15.1 Å². The predicted octanol–water partition coefficient (Wildman–Crippen LogP) is 1.48. The first-order valence-electron chi connectivity index (χ1n) is 6.21. The number of halogens is 1. The number of nitrogens with one attached hydrogen (secondary N) is 1. The van der Waals surface area contributed by atoms with E-state index in [1.54, 1.807) is 25.2 Å². The van der Waals surface area contributed by atoms with Crippen molar-refractivity contribution in [1.29, 1.82) is 0 Å². The molecule has 0 radical (unpaired) electrons. The highest BCUT2D eigenvalue weighted by molar-refractivity contribution is 6.32. The first-order chi connectivity index (χ1) is 8.99. The van der Waals surface area contributed by atoms with E-state index in [9.17, 15) is 4.79 Å². The summed E-state index contributed by atoms with van der Waals surface area (Å²) in [6.45, 7) is 5.52. The van der Waals surface area contributed by atoms with E-state index >= 15 is 0 Å². The van der Waals surface area contributed by atoms with E-state index in [1.165, 1.54) is 0 Å². The van der Waals surface area contributed by atoms with Crippen LogP contribution >= 0.6 is 11.6 Å². The minimum atomic E-state index is 0.00142. The number of likely N-dealkylation sites (N-methyl/N-ethyl adjacent to an activating group) is 2. The van der Waals surface area contributed by atoms with Gasteiger partial charge in [0.25, 0.3) is 0 Å². The molecule has 0 fully saturated rings. The number of hydrogen-bond donors (Lipinski definition) is 1. The molecule has 0 atom stereocenters. The Bertz CT molecular complexity index is 438. The summed E-state index contributed by atoms with van der Waals surface area (Å²) in [7, 11) is 3.45. The van der Waals surface area contributed by atoms with Crippen molar-refractivity contribution >= 4 is 29.3 Å². The van der Waals surface area contributed by atoms with Crippen LogP contribution in [0.25, 0.3) is 0 Å². The van der Waals surface area contributed by atoms with Crippen molar-refractivity contribution in [2.24, 2.45) is 0 Å². The van der Waals surface area contributed by atoms with Gasteiger partial charge in [0.2, 0.25) is 11.9 Å². The van der Waals surface area contributed by atoms with Crippen LogP contribution in [-0.2, 0) is 4.79 Å². The third kappa shape index (κ3) is 4.24. The molecule has 1 aromatic heterocycles. The maximum absolute atomic E-state index is 11.8. The molecule has 106 valence electrons. The van der Waals surface area contributed by atoms with E-state index in [1.807, 2.05) is 18.7 Å². The molecule has 19 heavy (non-hydrogen) atoms. The fraction of sp³-hybridized carbons (Fsp3) is 0.583. The van der Waals surface area contributed by atoms with Crippen molar-refractivity contribution in [2.75, 3.05) is 43.9 Å². The predicted molar refractivity (Wildman–Crippen MR) is 77.8 cm³/mol. The average molecular weight is 286 g/mol. The number of amides is 1. The van der Waals surface area contributed by atoms with Gasteiger partial charge in [0.05, 0.1) is 12.7 Å².